The Morgan fingerprint density at radius 3 is 2.63 bits per heavy atom. The molecule has 4 rings (SSSR count). The molecule has 0 aliphatic heterocycles. The van der Waals surface area contributed by atoms with Crippen LogP contribution in [0, 0.1) is 5.82 Å². The van der Waals surface area contributed by atoms with Crippen LogP contribution in [0.3, 0.4) is 0 Å². The monoisotopic (exact) mass is 401 g/mol. The van der Waals surface area contributed by atoms with Crippen LogP contribution >= 0.6 is 23.2 Å². The fourth-order valence-corrected chi connectivity index (χ4v) is 3.13. The van der Waals surface area contributed by atoms with Gasteiger partial charge in [-0.25, -0.2) is 19.3 Å². The molecule has 3 heterocycles. The molecule has 0 bridgehead atoms. The van der Waals surface area contributed by atoms with E-state index in [1.165, 1.54) is 18.2 Å². The zero-order valence-corrected chi connectivity index (χ0v) is 15.5. The number of fused-ring (bicyclic) bond motifs is 1. The maximum atomic E-state index is 13.3. The van der Waals surface area contributed by atoms with E-state index in [1.807, 2.05) is 12.3 Å². The van der Waals surface area contributed by atoms with Gasteiger partial charge in [-0.1, -0.05) is 23.2 Å². The lowest BCUT2D eigenvalue weighted by atomic mass is 10.1. The highest BCUT2D eigenvalue weighted by atomic mass is 35.5. The lowest BCUT2D eigenvalue weighted by Crippen LogP contribution is -2.05. The Kier molecular flexibility index (Phi) is 4.92. The van der Waals surface area contributed by atoms with Gasteiger partial charge in [0.05, 0.1) is 5.02 Å². The molecule has 8 heteroatoms. The number of pyridine rings is 1. The van der Waals surface area contributed by atoms with E-state index in [0.717, 1.165) is 22.2 Å². The van der Waals surface area contributed by atoms with E-state index in [2.05, 4.69) is 25.3 Å². The van der Waals surface area contributed by atoms with Gasteiger partial charge in [-0.3, -0.25) is 0 Å². The minimum absolute atomic E-state index is 0.333. The molecule has 0 radical (unpaired) electrons. The zero-order valence-electron chi connectivity index (χ0n) is 14.0. The first kappa shape index (κ1) is 17.7. The van der Waals surface area contributed by atoms with Crippen molar-refractivity contribution in [2.45, 2.75) is 13.0 Å². The van der Waals surface area contributed by atoms with Crippen LogP contribution in [0.5, 0.6) is 0 Å². The summed E-state index contributed by atoms with van der Waals surface area (Å²) in [4.78, 5) is 16.0. The van der Waals surface area contributed by atoms with Crippen LogP contribution in [-0.4, -0.2) is 19.9 Å². The molecule has 1 aromatic carbocycles. The molecule has 0 spiro atoms. The van der Waals surface area contributed by atoms with Crippen molar-refractivity contribution in [1.82, 2.24) is 19.9 Å². The number of hydrogen-bond acceptors (Lipinski definition) is 4. The highest BCUT2D eigenvalue weighted by molar-refractivity contribution is 6.31. The van der Waals surface area contributed by atoms with E-state index in [4.69, 9.17) is 23.2 Å². The van der Waals surface area contributed by atoms with Gasteiger partial charge in [-0.2, -0.15) is 0 Å². The molecule has 0 aliphatic rings. The van der Waals surface area contributed by atoms with E-state index in [1.54, 1.807) is 18.6 Å². The van der Waals surface area contributed by atoms with Crippen molar-refractivity contribution in [2.75, 3.05) is 5.32 Å². The van der Waals surface area contributed by atoms with Crippen LogP contribution in [-0.2, 0) is 13.0 Å². The van der Waals surface area contributed by atoms with E-state index in [9.17, 15) is 4.39 Å². The predicted octanol–water partition coefficient (Wildman–Crippen LogP) is 5.00. The number of nitrogens with one attached hydrogen (secondary N) is 2. The summed E-state index contributed by atoms with van der Waals surface area (Å²) in [6, 6.07) is 6.12. The van der Waals surface area contributed by atoms with E-state index in [0.29, 0.717) is 34.5 Å². The minimum Gasteiger partial charge on any atom is -0.350 e. The minimum atomic E-state index is -0.333. The number of H-pyrrole nitrogens is 1. The standard InChI is InChI=1S/C19H14Cl2FN5/c20-14-5-16-12(8-23-18(16)24-10-14)3-11-6-25-19(26-7-11)27-9-13-4-15(22)1-2-17(13)21/h1-2,4-8,10H,3,9H2,(H,23,24)(H,25,26,27). The Bertz CT molecular complexity index is 1100. The van der Waals surface area contributed by atoms with E-state index in [-0.39, 0.29) is 5.82 Å². The average molecular weight is 402 g/mol. The second kappa shape index (κ2) is 7.50. The number of benzene rings is 1. The summed E-state index contributed by atoms with van der Waals surface area (Å²) >= 11 is 12.1. The van der Waals surface area contributed by atoms with Gasteiger partial charge >= 0.3 is 0 Å². The van der Waals surface area contributed by atoms with Crippen molar-refractivity contribution in [3.63, 3.8) is 0 Å². The van der Waals surface area contributed by atoms with Gasteiger partial charge in [-0.05, 0) is 41.0 Å². The number of aromatic nitrogens is 4. The Balaban J connectivity index is 1.45. The van der Waals surface area contributed by atoms with Gasteiger partial charge in [0.15, 0.2) is 0 Å². The first-order valence-electron chi connectivity index (χ1n) is 8.19. The number of aromatic amines is 1. The maximum Gasteiger partial charge on any atom is 0.222 e. The van der Waals surface area contributed by atoms with Crippen molar-refractivity contribution in [1.29, 1.82) is 0 Å². The summed E-state index contributed by atoms with van der Waals surface area (Å²) in [7, 11) is 0. The van der Waals surface area contributed by atoms with Crippen LogP contribution in [0.1, 0.15) is 16.7 Å². The number of nitrogens with zero attached hydrogens (tertiary/aromatic N) is 3. The Labute approximate surface area is 164 Å². The summed E-state index contributed by atoms with van der Waals surface area (Å²) in [6.45, 7) is 0.336. The molecule has 0 saturated carbocycles. The number of hydrogen-bond donors (Lipinski definition) is 2. The molecular weight excluding hydrogens is 388 g/mol. The van der Waals surface area contributed by atoms with Gasteiger partial charge < -0.3 is 10.3 Å². The van der Waals surface area contributed by atoms with E-state index < -0.39 is 0 Å². The lowest BCUT2D eigenvalue weighted by Gasteiger charge is -2.07. The van der Waals surface area contributed by atoms with Crippen LogP contribution < -0.4 is 5.32 Å². The molecule has 0 saturated heterocycles. The Morgan fingerprint density at radius 1 is 1.00 bits per heavy atom. The molecule has 0 fully saturated rings. The first-order valence-corrected chi connectivity index (χ1v) is 8.94. The van der Waals surface area contributed by atoms with Crippen LogP contribution in [0.4, 0.5) is 10.3 Å². The number of anilines is 1. The van der Waals surface area contributed by atoms with Crippen molar-refractivity contribution in [3.05, 3.63) is 81.6 Å². The lowest BCUT2D eigenvalue weighted by molar-refractivity contribution is 0.626. The second-order valence-corrected chi connectivity index (χ2v) is 6.89. The van der Waals surface area contributed by atoms with Crippen molar-refractivity contribution < 1.29 is 4.39 Å². The summed E-state index contributed by atoms with van der Waals surface area (Å²) in [5.74, 6) is 0.114. The molecule has 136 valence electrons. The van der Waals surface area contributed by atoms with Gasteiger partial charge in [0.2, 0.25) is 5.95 Å². The summed E-state index contributed by atoms with van der Waals surface area (Å²) in [5, 5.41) is 5.11. The van der Waals surface area contributed by atoms with E-state index >= 15 is 0 Å². The average Bonchev–Trinajstić information content (AvgIpc) is 3.05. The predicted molar refractivity (Wildman–Crippen MR) is 105 cm³/mol. The van der Waals surface area contributed by atoms with Gasteiger partial charge in [0.1, 0.15) is 11.5 Å². The molecule has 0 atom stereocenters. The smallest absolute Gasteiger partial charge is 0.222 e. The van der Waals surface area contributed by atoms with Crippen LogP contribution in [0.25, 0.3) is 11.0 Å². The Morgan fingerprint density at radius 2 is 1.81 bits per heavy atom. The molecule has 2 N–H and O–H groups in total. The molecule has 5 nitrogen and oxygen atoms in total. The molecule has 27 heavy (non-hydrogen) atoms. The van der Waals surface area contributed by atoms with Crippen LogP contribution in [0.15, 0.2) is 49.1 Å². The SMILES string of the molecule is Fc1ccc(Cl)c(CNc2ncc(Cc3c[nH]c4ncc(Cl)cc34)cn2)c1. The topological polar surface area (TPSA) is 66.5 Å². The van der Waals surface area contributed by atoms with Gasteiger partial charge in [0, 0.05) is 48.2 Å². The van der Waals surface area contributed by atoms with Gasteiger partial charge in [-0.15, -0.1) is 0 Å². The third kappa shape index (κ3) is 4.02. The van der Waals surface area contributed by atoms with Gasteiger partial charge in [0.25, 0.3) is 0 Å². The normalized spacial score (nSPS) is 11.1. The third-order valence-electron chi connectivity index (χ3n) is 4.13. The van der Waals surface area contributed by atoms with Crippen molar-refractivity contribution >= 4 is 40.2 Å². The first-order chi connectivity index (χ1) is 13.1. The Hall–Kier alpha value is -2.70. The quantitative estimate of drug-likeness (QED) is 0.493. The molecule has 3 aromatic heterocycles. The molecule has 0 aliphatic carbocycles. The van der Waals surface area contributed by atoms with Crippen LogP contribution in [0.2, 0.25) is 10.0 Å². The maximum absolute atomic E-state index is 13.3. The molecular formula is C19H14Cl2FN5. The number of halogens is 3. The fraction of sp³-hybridized carbons (Fsp3) is 0.105. The summed E-state index contributed by atoms with van der Waals surface area (Å²) < 4.78 is 13.3. The largest absolute Gasteiger partial charge is 0.350 e. The second-order valence-electron chi connectivity index (χ2n) is 6.04. The molecule has 0 unspecified atom stereocenters. The van der Waals surface area contributed by atoms with Crippen molar-refractivity contribution in [2.24, 2.45) is 0 Å². The highest BCUT2D eigenvalue weighted by Gasteiger charge is 2.08. The zero-order chi connectivity index (χ0) is 18.8. The summed E-state index contributed by atoms with van der Waals surface area (Å²) in [5.41, 5.74) is 3.45. The van der Waals surface area contributed by atoms with Crippen molar-refractivity contribution in [3.8, 4) is 0 Å². The third-order valence-corrected chi connectivity index (χ3v) is 4.70. The summed E-state index contributed by atoms with van der Waals surface area (Å²) in [6.07, 6.45) is 7.67. The molecule has 4 aromatic rings. The highest BCUT2D eigenvalue weighted by Crippen LogP contribution is 2.22. The molecule has 0 amide bonds. The fourth-order valence-electron chi connectivity index (χ4n) is 2.79. The number of rotatable bonds is 5.